The minimum atomic E-state index is -0.0246. The second-order valence-electron chi connectivity index (χ2n) is 6.03. The lowest BCUT2D eigenvalue weighted by molar-refractivity contribution is 0.0934. The van der Waals surface area contributed by atoms with E-state index >= 15 is 0 Å². The molecule has 1 aromatic heterocycles. The van der Waals surface area contributed by atoms with Gasteiger partial charge in [-0.2, -0.15) is 0 Å². The summed E-state index contributed by atoms with van der Waals surface area (Å²) in [6, 6.07) is 11.8. The molecule has 4 nitrogen and oxygen atoms in total. The van der Waals surface area contributed by atoms with Crippen LogP contribution in [0.4, 0.5) is 0 Å². The third-order valence-electron chi connectivity index (χ3n) is 4.53. The number of aryl methyl sites for hydroxylation is 1. The Morgan fingerprint density at radius 1 is 1.22 bits per heavy atom. The van der Waals surface area contributed by atoms with Crippen molar-refractivity contribution in [3.05, 3.63) is 59.5 Å². The van der Waals surface area contributed by atoms with Crippen molar-refractivity contribution in [1.82, 2.24) is 10.2 Å². The number of nitrogens with one attached hydrogen (secondary N) is 1. The second-order valence-corrected chi connectivity index (χ2v) is 6.03. The van der Waals surface area contributed by atoms with Gasteiger partial charge in [-0.25, -0.2) is 0 Å². The van der Waals surface area contributed by atoms with Gasteiger partial charge in [0.15, 0.2) is 0 Å². The monoisotopic (exact) mass is 312 g/mol. The first-order valence-corrected chi connectivity index (χ1v) is 8.42. The highest BCUT2D eigenvalue weighted by molar-refractivity contribution is 5.94. The summed E-state index contributed by atoms with van der Waals surface area (Å²) < 4.78 is 5.58. The van der Waals surface area contributed by atoms with Crippen LogP contribution in [-0.4, -0.2) is 30.4 Å². The van der Waals surface area contributed by atoms with Crippen LogP contribution in [0.5, 0.6) is 0 Å². The van der Waals surface area contributed by atoms with Gasteiger partial charge in [-0.3, -0.25) is 9.69 Å². The summed E-state index contributed by atoms with van der Waals surface area (Å²) in [5.41, 5.74) is 1.95. The number of carbonyl (C=O) groups is 1. The molecule has 1 unspecified atom stereocenters. The minimum absolute atomic E-state index is 0.0246. The average molecular weight is 312 g/mol. The molecule has 23 heavy (non-hydrogen) atoms. The molecular weight excluding hydrogens is 288 g/mol. The first-order chi connectivity index (χ1) is 11.3. The highest BCUT2D eigenvalue weighted by Gasteiger charge is 2.26. The molecule has 1 aliphatic rings. The van der Waals surface area contributed by atoms with E-state index in [0.29, 0.717) is 12.1 Å². The number of likely N-dealkylation sites (tertiary alicyclic amines) is 1. The standard InChI is InChI=1S/C19H24N2O2/c1-2-15-7-9-16(10-8-15)19(22)20-14-17(18-6-5-13-23-18)21-11-3-4-12-21/h5-10,13,17H,2-4,11-12,14H2,1H3,(H,20,22). The Kier molecular flexibility index (Phi) is 5.13. The van der Waals surface area contributed by atoms with Crippen LogP contribution in [0.15, 0.2) is 47.1 Å². The summed E-state index contributed by atoms with van der Waals surface area (Å²) in [5, 5.41) is 3.06. The predicted octanol–water partition coefficient (Wildman–Crippen LogP) is 3.41. The molecule has 1 N–H and O–H groups in total. The second kappa shape index (κ2) is 7.47. The van der Waals surface area contributed by atoms with E-state index in [0.717, 1.165) is 25.3 Å². The SMILES string of the molecule is CCc1ccc(C(=O)NCC(c2ccco2)N2CCCC2)cc1. The molecule has 1 amide bonds. The topological polar surface area (TPSA) is 45.5 Å². The molecule has 0 aliphatic carbocycles. The number of furan rings is 1. The lowest BCUT2D eigenvalue weighted by atomic mass is 10.1. The van der Waals surface area contributed by atoms with Crippen molar-refractivity contribution in [3.63, 3.8) is 0 Å². The Bertz CT molecular complexity index is 613. The first-order valence-electron chi connectivity index (χ1n) is 8.42. The van der Waals surface area contributed by atoms with E-state index in [1.54, 1.807) is 6.26 Å². The van der Waals surface area contributed by atoms with Gasteiger partial charge in [0.1, 0.15) is 5.76 Å². The molecular formula is C19H24N2O2. The summed E-state index contributed by atoms with van der Waals surface area (Å²) in [6.45, 7) is 4.81. The molecule has 0 spiro atoms. The van der Waals surface area contributed by atoms with Gasteiger partial charge in [0.25, 0.3) is 5.91 Å². The number of benzene rings is 1. The van der Waals surface area contributed by atoms with Crippen LogP contribution in [-0.2, 0) is 6.42 Å². The Hall–Kier alpha value is -2.07. The van der Waals surface area contributed by atoms with Gasteiger partial charge >= 0.3 is 0 Å². The van der Waals surface area contributed by atoms with Crippen molar-refractivity contribution in [1.29, 1.82) is 0 Å². The normalized spacial score (nSPS) is 16.4. The molecule has 1 saturated heterocycles. The molecule has 0 saturated carbocycles. The fourth-order valence-electron chi connectivity index (χ4n) is 3.13. The lowest BCUT2D eigenvalue weighted by Crippen LogP contribution is -2.36. The van der Waals surface area contributed by atoms with Gasteiger partial charge in [-0.15, -0.1) is 0 Å². The Morgan fingerprint density at radius 2 is 1.96 bits per heavy atom. The molecule has 1 aliphatic heterocycles. The first kappa shape index (κ1) is 15.8. The lowest BCUT2D eigenvalue weighted by Gasteiger charge is -2.26. The van der Waals surface area contributed by atoms with Gasteiger partial charge in [-0.1, -0.05) is 19.1 Å². The van der Waals surface area contributed by atoms with Crippen molar-refractivity contribution < 1.29 is 9.21 Å². The van der Waals surface area contributed by atoms with Crippen LogP contribution in [0.3, 0.4) is 0 Å². The number of amides is 1. The van der Waals surface area contributed by atoms with Crippen molar-refractivity contribution in [2.75, 3.05) is 19.6 Å². The molecule has 1 aromatic carbocycles. The van der Waals surface area contributed by atoms with Gasteiger partial charge in [0.2, 0.25) is 0 Å². The molecule has 2 aromatic rings. The summed E-state index contributed by atoms with van der Waals surface area (Å²) in [6.07, 6.45) is 5.11. The van der Waals surface area contributed by atoms with Gasteiger partial charge in [-0.05, 0) is 62.2 Å². The van der Waals surface area contributed by atoms with E-state index in [-0.39, 0.29) is 11.9 Å². The molecule has 0 bridgehead atoms. The van der Waals surface area contributed by atoms with Gasteiger partial charge < -0.3 is 9.73 Å². The van der Waals surface area contributed by atoms with Crippen LogP contribution < -0.4 is 5.32 Å². The smallest absolute Gasteiger partial charge is 0.251 e. The number of hydrogen-bond acceptors (Lipinski definition) is 3. The van der Waals surface area contributed by atoms with Crippen molar-refractivity contribution in [2.45, 2.75) is 32.2 Å². The zero-order valence-electron chi connectivity index (χ0n) is 13.6. The van der Waals surface area contributed by atoms with Crippen molar-refractivity contribution in [2.24, 2.45) is 0 Å². The van der Waals surface area contributed by atoms with Crippen LogP contribution in [0, 0.1) is 0 Å². The third kappa shape index (κ3) is 3.82. The van der Waals surface area contributed by atoms with E-state index < -0.39 is 0 Å². The van der Waals surface area contributed by atoms with Crippen LogP contribution in [0.1, 0.15) is 47.5 Å². The maximum atomic E-state index is 12.4. The summed E-state index contributed by atoms with van der Waals surface area (Å²) in [5.74, 6) is 0.900. The van der Waals surface area contributed by atoms with Gasteiger partial charge in [0.05, 0.1) is 12.3 Å². The highest BCUT2D eigenvalue weighted by Crippen LogP contribution is 2.25. The summed E-state index contributed by atoms with van der Waals surface area (Å²) in [4.78, 5) is 14.8. The third-order valence-corrected chi connectivity index (χ3v) is 4.53. The Labute approximate surface area is 137 Å². The molecule has 0 radical (unpaired) electrons. The maximum absolute atomic E-state index is 12.4. The quantitative estimate of drug-likeness (QED) is 0.889. The largest absolute Gasteiger partial charge is 0.468 e. The summed E-state index contributed by atoms with van der Waals surface area (Å²) in [7, 11) is 0. The zero-order chi connectivity index (χ0) is 16.1. The summed E-state index contributed by atoms with van der Waals surface area (Å²) >= 11 is 0. The predicted molar refractivity (Wildman–Crippen MR) is 90.4 cm³/mol. The molecule has 1 atom stereocenters. The van der Waals surface area contributed by atoms with E-state index in [1.807, 2.05) is 36.4 Å². The molecule has 3 rings (SSSR count). The number of nitrogens with zero attached hydrogens (tertiary/aromatic N) is 1. The fourth-order valence-corrected chi connectivity index (χ4v) is 3.13. The zero-order valence-corrected chi connectivity index (χ0v) is 13.6. The number of rotatable bonds is 6. The highest BCUT2D eigenvalue weighted by atomic mass is 16.3. The van der Waals surface area contributed by atoms with E-state index in [4.69, 9.17) is 4.42 Å². The van der Waals surface area contributed by atoms with Crippen LogP contribution in [0.25, 0.3) is 0 Å². The fraction of sp³-hybridized carbons (Fsp3) is 0.421. The molecule has 2 heterocycles. The maximum Gasteiger partial charge on any atom is 0.251 e. The van der Waals surface area contributed by atoms with E-state index in [2.05, 4.69) is 17.1 Å². The molecule has 1 fully saturated rings. The van der Waals surface area contributed by atoms with Crippen molar-refractivity contribution in [3.8, 4) is 0 Å². The Balaban J connectivity index is 1.64. The molecule has 122 valence electrons. The minimum Gasteiger partial charge on any atom is -0.468 e. The van der Waals surface area contributed by atoms with Crippen LogP contribution >= 0.6 is 0 Å². The average Bonchev–Trinajstić information content (AvgIpc) is 3.29. The van der Waals surface area contributed by atoms with Crippen LogP contribution in [0.2, 0.25) is 0 Å². The van der Waals surface area contributed by atoms with E-state index in [1.165, 1.54) is 18.4 Å². The number of hydrogen-bond donors (Lipinski definition) is 1. The molecule has 4 heteroatoms. The van der Waals surface area contributed by atoms with E-state index in [9.17, 15) is 4.79 Å². The van der Waals surface area contributed by atoms with Crippen molar-refractivity contribution >= 4 is 5.91 Å². The van der Waals surface area contributed by atoms with Gasteiger partial charge in [0, 0.05) is 12.1 Å². The number of carbonyl (C=O) groups excluding carboxylic acids is 1. The Morgan fingerprint density at radius 3 is 2.57 bits per heavy atom.